The van der Waals surface area contributed by atoms with Crippen molar-refractivity contribution in [2.75, 3.05) is 13.1 Å². The fourth-order valence-corrected chi connectivity index (χ4v) is 3.57. The standard InChI is InChI=1S/C21H27N5O3/c1-6-8-19(27)25-10-7-9-17(11-25)22-21(28)20-18(16(5)29-24-20)12-26-15(4)13(2)14(3)23-26/h17H,7,9-12H2,1-5H3,(H,22,28). The lowest BCUT2D eigenvalue weighted by atomic mass is 10.0. The highest BCUT2D eigenvalue weighted by atomic mass is 16.5. The highest BCUT2D eigenvalue weighted by molar-refractivity contribution is 5.95. The van der Waals surface area contributed by atoms with Crippen LogP contribution in [0.1, 0.15) is 58.5 Å². The molecule has 0 aliphatic carbocycles. The fourth-order valence-electron chi connectivity index (χ4n) is 3.57. The Morgan fingerprint density at radius 2 is 2.03 bits per heavy atom. The Bertz CT molecular complexity index is 992. The molecule has 1 aliphatic rings. The van der Waals surface area contributed by atoms with Crippen LogP contribution in [0.15, 0.2) is 4.52 Å². The predicted octanol–water partition coefficient (Wildman–Crippen LogP) is 1.90. The second-order valence-corrected chi connectivity index (χ2v) is 7.46. The topological polar surface area (TPSA) is 93.3 Å². The molecule has 1 unspecified atom stereocenters. The van der Waals surface area contributed by atoms with E-state index in [0.717, 1.165) is 29.8 Å². The van der Waals surface area contributed by atoms with Crippen LogP contribution in [0, 0.1) is 39.5 Å². The van der Waals surface area contributed by atoms with E-state index < -0.39 is 0 Å². The molecule has 2 aromatic heterocycles. The predicted molar refractivity (Wildman–Crippen MR) is 107 cm³/mol. The van der Waals surface area contributed by atoms with Crippen molar-refractivity contribution in [3.63, 3.8) is 0 Å². The summed E-state index contributed by atoms with van der Waals surface area (Å²) < 4.78 is 7.18. The Kier molecular flexibility index (Phi) is 6.06. The number of carbonyl (C=O) groups excluding carboxylic acids is 2. The molecular weight excluding hydrogens is 370 g/mol. The molecule has 3 rings (SSSR count). The molecule has 8 heteroatoms. The molecule has 0 bridgehead atoms. The van der Waals surface area contributed by atoms with Crippen LogP contribution in [0.2, 0.25) is 0 Å². The van der Waals surface area contributed by atoms with E-state index in [9.17, 15) is 9.59 Å². The Morgan fingerprint density at radius 1 is 1.28 bits per heavy atom. The SMILES string of the molecule is CC#CC(=O)N1CCCC(NC(=O)c2noc(C)c2Cn2nc(C)c(C)c2C)C1. The third kappa shape index (κ3) is 4.34. The smallest absolute Gasteiger partial charge is 0.298 e. The van der Waals surface area contributed by atoms with Crippen molar-refractivity contribution in [2.45, 2.75) is 60.0 Å². The number of aryl methyl sites for hydroxylation is 2. The first-order valence-electron chi connectivity index (χ1n) is 9.80. The maximum atomic E-state index is 12.9. The van der Waals surface area contributed by atoms with Crippen LogP contribution in [-0.2, 0) is 11.3 Å². The summed E-state index contributed by atoms with van der Waals surface area (Å²) in [7, 11) is 0. The van der Waals surface area contributed by atoms with Crippen molar-refractivity contribution >= 4 is 11.8 Å². The van der Waals surface area contributed by atoms with E-state index in [1.165, 1.54) is 0 Å². The fraction of sp³-hybridized carbons (Fsp3) is 0.524. The molecule has 0 aromatic carbocycles. The molecule has 1 saturated heterocycles. The summed E-state index contributed by atoms with van der Waals surface area (Å²) in [6.45, 7) is 11.0. The summed E-state index contributed by atoms with van der Waals surface area (Å²) in [5, 5.41) is 11.5. The van der Waals surface area contributed by atoms with Gasteiger partial charge in [-0.15, -0.1) is 0 Å². The van der Waals surface area contributed by atoms with Gasteiger partial charge in [0, 0.05) is 30.4 Å². The number of carbonyl (C=O) groups is 2. The monoisotopic (exact) mass is 397 g/mol. The summed E-state index contributed by atoms with van der Waals surface area (Å²) in [6, 6.07) is -0.139. The van der Waals surface area contributed by atoms with Gasteiger partial charge in [0.2, 0.25) is 0 Å². The minimum absolute atomic E-state index is 0.139. The lowest BCUT2D eigenvalue weighted by Gasteiger charge is -2.31. The van der Waals surface area contributed by atoms with Gasteiger partial charge in [0.15, 0.2) is 5.69 Å². The molecule has 0 spiro atoms. The van der Waals surface area contributed by atoms with Gasteiger partial charge < -0.3 is 14.7 Å². The van der Waals surface area contributed by atoms with Crippen molar-refractivity contribution < 1.29 is 14.1 Å². The Balaban J connectivity index is 1.74. The van der Waals surface area contributed by atoms with Crippen LogP contribution in [0.3, 0.4) is 0 Å². The number of hydrogen-bond donors (Lipinski definition) is 1. The van der Waals surface area contributed by atoms with Gasteiger partial charge in [0.1, 0.15) is 5.76 Å². The molecular formula is C21H27N5O3. The van der Waals surface area contributed by atoms with Crippen LogP contribution in [-0.4, -0.2) is 50.8 Å². The van der Waals surface area contributed by atoms with Gasteiger partial charge in [0.25, 0.3) is 11.8 Å². The van der Waals surface area contributed by atoms with E-state index >= 15 is 0 Å². The molecule has 2 aromatic rings. The number of likely N-dealkylation sites (tertiary alicyclic amines) is 1. The number of aromatic nitrogens is 3. The Labute approximate surface area is 170 Å². The van der Waals surface area contributed by atoms with E-state index in [1.807, 2.05) is 25.5 Å². The third-order valence-electron chi connectivity index (χ3n) is 5.53. The van der Waals surface area contributed by atoms with Crippen LogP contribution < -0.4 is 5.32 Å². The van der Waals surface area contributed by atoms with Gasteiger partial charge in [-0.25, -0.2) is 0 Å². The van der Waals surface area contributed by atoms with E-state index in [-0.39, 0.29) is 23.6 Å². The van der Waals surface area contributed by atoms with Crippen LogP contribution in [0.25, 0.3) is 0 Å². The largest absolute Gasteiger partial charge is 0.361 e. The molecule has 0 saturated carbocycles. The highest BCUT2D eigenvalue weighted by Gasteiger charge is 2.27. The van der Waals surface area contributed by atoms with Gasteiger partial charge in [-0.3, -0.25) is 14.3 Å². The average molecular weight is 397 g/mol. The second-order valence-electron chi connectivity index (χ2n) is 7.46. The zero-order valence-electron chi connectivity index (χ0n) is 17.6. The van der Waals surface area contributed by atoms with Crippen molar-refractivity contribution in [1.82, 2.24) is 25.2 Å². The molecule has 2 amide bonds. The number of rotatable bonds is 4. The highest BCUT2D eigenvalue weighted by Crippen LogP contribution is 2.19. The summed E-state index contributed by atoms with van der Waals surface area (Å²) in [6.07, 6.45) is 1.62. The first-order valence-corrected chi connectivity index (χ1v) is 9.80. The van der Waals surface area contributed by atoms with Gasteiger partial charge in [-0.1, -0.05) is 11.1 Å². The van der Waals surface area contributed by atoms with E-state index in [4.69, 9.17) is 4.52 Å². The molecule has 29 heavy (non-hydrogen) atoms. The van der Waals surface area contributed by atoms with Gasteiger partial charge in [-0.2, -0.15) is 5.10 Å². The molecule has 154 valence electrons. The molecule has 1 N–H and O–H groups in total. The molecule has 1 fully saturated rings. The van der Waals surface area contributed by atoms with Crippen molar-refractivity contribution in [2.24, 2.45) is 0 Å². The molecule has 0 radical (unpaired) electrons. The third-order valence-corrected chi connectivity index (χ3v) is 5.53. The first kappa shape index (κ1) is 20.6. The van der Waals surface area contributed by atoms with Crippen molar-refractivity contribution in [3.05, 3.63) is 34.0 Å². The number of nitrogens with one attached hydrogen (secondary N) is 1. The van der Waals surface area contributed by atoms with Crippen molar-refractivity contribution in [3.8, 4) is 11.8 Å². The molecule has 1 aliphatic heterocycles. The number of amides is 2. The number of hydrogen-bond acceptors (Lipinski definition) is 5. The lowest BCUT2D eigenvalue weighted by Crippen LogP contribution is -2.49. The van der Waals surface area contributed by atoms with Gasteiger partial charge in [-0.05, 0) is 58.9 Å². The lowest BCUT2D eigenvalue weighted by molar-refractivity contribution is -0.126. The maximum absolute atomic E-state index is 12.9. The van der Waals surface area contributed by atoms with E-state index in [0.29, 0.717) is 31.0 Å². The summed E-state index contributed by atoms with van der Waals surface area (Å²) in [4.78, 5) is 26.6. The molecule has 3 heterocycles. The van der Waals surface area contributed by atoms with Gasteiger partial charge in [0.05, 0.1) is 12.2 Å². The normalized spacial score (nSPS) is 16.3. The van der Waals surface area contributed by atoms with Gasteiger partial charge >= 0.3 is 0 Å². The average Bonchev–Trinajstić information content (AvgIpc) is 3.17. The van der Waals surface area contributed by atoms with Crippen LogP contribution >= 0.6 is 0 Å². The van der Waals surface area contributed by atoms with E-state index in [1.54, 1.807) is 18.7 Å². The Morgan fingerprint density at radius 3 is 2.69 bits per heavy atom. The second kappa shape index (κ2) is 8.52. The van der Waals surface area contributed by atoms with Crippen LogP contribution in [0.4, 0.5) is 0 Å². The summed E-state index contributed by atoms with van der Waals surface area (Å²) in [5.41, 5.74) is 4.13. The minimum Gasteiger partial charge on any atom is -0.361 e. The van der Waals surface area contributed by atoms with Crippen LogP contribution in [0.5, 0.6) is 0 Å². The summed E-state index contributed by atoms with van der Waals surface area (Å²) in [5.74, 6) is 5.29. The quantitative estimate of drug-likeness (QED) is 0.796. The summed E-state index contributed by atoms with van der Waals surface area (Å²) >= 11 is 0. The zero-order chi connectivity index (χ0) is 21.1. The number of nitrogens with zero attached hydrogens (tertiary/aromatic N) is 4. The Hall–Kier alpha value is -3.08. The minimum atomic E-state index is -0.295. The molecule has 1 atom stereocenters. The zero-order valence-corrected chi connectivity index (χ0v) is 17.6. The number of piperidine rings is 1. The first-order chi connectivity index (χ1) is 13.8. The maximum Gasteiger partial charge on any atom is 0.298 e. The molecule has 8 nitrogen and oxygen atoms in total. The van der Waals surface area contributed by atoms with E-state index in [2.05, 4.69) is 27.4 Å². The van der Waals surface area contributed by atoms with Crippen molar-refractivity contribution in [1.29, 1.82) is 0 Å².